The number of alkyl carbamates (subject to hydrolysis) is 1. The molecule has 0 unspecified atom stereocenters. The highest BCUT2D eigenvalue weighted by Crippen LogP contribution is 2.33. The second-order valence-corrected chi connectivity index (χ2v) is 8.65. The van der Waals surface area contributed by atoms with E-state index in [1.165, 1.54) is 0 Å². The molecule has 2 heterocycles. The Balaban J connectivity index is 1.16. The zero-order valence-electron chi connectivity index (χ0n) is 18.8. The van der Waals surface area contributed by atoms with Crippen molar-refractivity contribution >= 4 is 17.0 Å². The van der Waals surface area contributed by atoms with Gasteiger partial charge < -0.3 is 14.6 Å². The van der Waals surface area contributed by atoms with Gasteiger partial charge >= 0.3 is 6.09 Å². The summed E-state index contributed by atoms with van der Waals surface area (Å²) in [6.45, 7) is 2.28. The largest absolute Gasteiger partial charge is 0.445 e. The topological polar surface area (TPSA) is 95.1 Å². The molecule has 33 heavy (non-hydrogen) atoms. The Hall–Kier alpha value is -3.68. The van der Waals surface area contributed by atoms with Crippen LogP contribution in [-0.4, -0.2) is 32.1 Å². The van der Waals surface area contributed by atoms with Crippen LogP contribution in [0.1, 0.15) is 48.7 Å². The van der Waals surface area contributed by atoms with Gasteiger partial charge in [-0.1, -0.05) is 47.6 Å². The first-order chi connectivity index (χ1) is 16.1. The Morgan fingerprint density at radius 1 is 1.15 bits per heavy atom. The van der Waals surface area contributed by atoms with Gasteiger partial charge in [-0.2, -0.15) is 10.1 Å². The zero-order valence-corrected chi connectivity index (χ0v) is 18.8. The fourth-order valence-electron chi connectivity index (χ4n) is 4.51. The summed E-state index contributed by atoms with van der Waals surface area (Å²) in [5, 5.41) is 12.8. The van der Waals surface area contributed by atoms with Crippen LogP contribution in [0.2, 0.25) is 0 Å². The predicted molar refractivity (Wildman–Crippen MR) is 124 cm³/mol. The van der Waals surface area contributed by atoms with Gasteiger partial charge in [0.15, 0.2) is 0 Å². The Morgan fingerprint density at radius 2 is 1.94 bits per heavy atom. The van der Waals surface area contributed by atoms with E-state index < -0.39 is 0 Å². The van der Waals surface area contributed by atoms with Gasteiger partial charge in [-0.15, -0.1) is 0 Å². The zero-order chi connectivity index (χ0) is 22.8. The lowest BCUT2D eigenvalue weighted by atomic mass is 9.86. The van der Waals surface area contributed by atoms with E-state index in [2.05, 4.69) is 26.6 Å². The van der Waals surface area contributed by atoms with Crippen molar-refractivity contribution in [1.82, 2.24) is 25.2 Å². The SMILES string of the molecule is Cc1nn(C)c2cc(-c3noc([C@H]4CC[C@@H](NC(=O)OCc5ccccc5)CC4)n3)ccc12. The monoisotopic (exact) mass is 445 g/mol. The van der Waals surface area contributed by atoms with E-state index in [1.54, 1.807) is 0 Å². The molecule has 8 heteroatoms. The number of nitrogens with zero attached hydrogens (tertiary/aromatic N) is 4. The lowest BCUT2D eigenvalue weighted by Crippen LogP contribution is -2.37. The third-order valence-electron chi connectivity index (χ3n) is 6.35. The highest BCUT2D eigenvalue weighted by molar-refractivity contribution is 5.85. The van der Waals surface area contributed by atoms with Crippen LogP contribution >= 0.6 is 0 Å². The molecule has 5 rings (SSSR count). The Bertz CT molecular complexity index is 1260. The minimum Gasteiger partial charge on any atom is -0.445 e. The van der Waals surface area contributed by atoms with Gasteiger partial charge in [0.25, 0.3) is 0 Å². The Labute approximate surface area is 191 Å². The molecule has 1 aliphatic carbocycles. The number of rotatable bonds is 5. The van der Waals surface area contributed by atoms with Gasteiger partial charge in [-0.05, 0) is 44.2 Å². The van der Waals surface area contributed by atoms with Crippen LogP contribution in [0.4, 0.5) is 4.79 Å². The third-order valence-corrected chi connectivity index (χ3v) is 6.35. The van der Waals surface area contributed by atoms with Crippen molar-refractivity contribution in [3.8, 4) is 11.4 Å². The average molecular weight is 446 g/mol. The molecular weight excluding hydrogens is 418 g/mol. The molecule has 0 aliphatic heterocycles. The summed E-state index contributed by atoms with van der Waals surface area (Å²) >= 11 is 0. The summed E-state index contributed by atoms with van der Waals surface area (Å²) in [4.78, 5) is 16.8. The van der Waals surface area contributed by atoms with Crippen molar-refractivity contribution in [1.29, 1.82) is 0 Å². The quantitative estimate of drug-likeness (QED) is 0.470. The van der Waals surface area contributed by atoms with E-state index in [0.717, 1.165) is 53.4 Å². The van der Waals surface area contributed by atoms with Crippen LogP contribution in [0.5, 0.6) is 0 Å². The van der Waals surface area contributed by atoms with E-state index in [9.17, 15) is 4.79 Å². The van der Waals surface area contributed by atoms with Crippen molar-refractivity contribution in [3.05, 3.63) is 65.7 Å². The summed E-state index contributed by atoms with van der Waals surface area (Å²) in [6, 6.07) is 15.9. The normalized spacial score (nSPS) is 18.4. The van der Waals surface area contributed by atoms with E-state index >= 15 is 0 Å². The average Bonchev–Trinajstić information content (AvgIpc) is 3.44. The van der Waals surface area contributed by atoms with Gasteiger partial charge in [0.2, 0.25) is 11.7 Å². The van der Waals surface area contributed by atoms with Gasteiger partial charge in [0, 0.05) is 30.0 Å². The number of hydrogen-bond donors (Lipinski definition) is 1. The minimum absolute atomic E-state index is 0.0994. The fourth-order valence-corrected chi connectivity index (χ4v) is 4.51. The highest BCUT2D eigenvalue weighted by atomic mass is 16.5. The molecule has 8 nitrogen and oxygen atoms in total. The maximum Gasteiger partial charge on any atom is 0.407 e. The number of carbonyl (C=O) groups excluding carboxylic acids is 1. The number of aryl methyl sites for hydroxylation is 2. The number of nitrogens with one attached hydrogen (secondary N) is 1. The van der Waals surface area contributed by atoms with E-state index in [-0.39, 0.29) is 24.7 Å². The maximum absolute atomic E-state index is 12.1. The first-order valence-electron chi connectivity index (χ1n) is 11.3. The van der Waals surface area contributed by atoms with E-state index in [4.69, 9.17) is 9.26 Å². The lowest BCUT2D eigenvalue weighted by molar-refractivity contribution is 0.132. The molecule has 2 aromatic carbocycles. The van der Waals surface area contributed by atoms with Gasteiger partial charge in [0.05, 0.1) is 11.2 Å². The summed E-state index contributed by atoms with van der Waals surface area (Å²) in [7, 11) is 1.94. The molecule has 170 valence electrons. The molecule has 1 aliphatic rings. The van der Waals surface area contributed by atoms with E-state index in [1.807, 2.05) is 61.1 Å². The number of amides is 1. The lowest BCUT2D eigenvalue weighted by Gasteiger charge is -2.26. The molecule has 1 fully saturated rings. The molecule has 2 aromatic heterocycles. The fraction of sp³-hybridized carbons (Fsp3) is 0.360. The van der Waals surface area contributed by atoms with Crippen LogP contribution in [0.3, 0.4) is 0 Å². The molecule has 0 saturated heterocycles. The van der Waals surface area contributed by atoms with Gasteiger partial charge in [0.1, 0.15) is 6.61 Å². The van der Waals surface area contributed by atoms with Gasteiger partial charge in [-0.3, -0.25) is 4.68 Å². The Morgan fingerprint density at radius 3 is 2.73 bits per heavy atom. The number of fused-ring (bicyclic) bond motifs is 1. The molecule has 1 saturated carbocycles. The number of carbonyl (C=O) groups is 1. The van der Waals surface area contributed by atoms with Crippen LogP contribution in [0, 0.1) is 6.92 Å². The molecule has 0 bridgehead atoms. The molecule has 0 spiro atoms. The minimum atomic E-state index is -0.372. The summed E-state index contributed by atoms with van der Waals surface area (Å²) < 4.78 is 12.8. The molecule has 0 radical (unpaired) electrons. The van der Waals surface area contributed by atoms with Crippen LogP contribution in [-0.2, 0) is 18.4 Å². The predicted octanol–water partition coefficient (Wildman–Crippen LogP) is 4.88. The van der Waals surface area contributed by atoms with Crippen molar-refractivity contribution in [2.24, 2.45) is 7.05 Å². The molecule has 1 N–H and O–H groups in total. The standard InChI is InChI=1S/C25H27N5O3/c1-16-21-13-10-19(14-22(21)30(2)28-16)23-27-24(33-29-23)18-8-11-20(12-9-18)26-25(31)32-15-17-6-4-3-5-7-17/h3-7,10,13-14,18,20H,8-9,11-12,15H2,1-2H3,(H,26,31)/t18-,20+. The number of aromatic nitrogens is 4. The second kappa shape index (κ2) is 9.05. The first kappa shape index (κ1) is 21.2. The van der Waals surface area contributed by atoms with Crippen molar-refractivity contribution < 1.29 is 14.1 Å². The molecule has 0 atom stereocenters. The van der Waals surface area contributed by atoms with Crippen LogP contribution < -0.4 is 5.32 Å². The maximum atomic E-state index is 12.1. The number of benzene rings is 2. The Kier molecular flexibility index (Phi) is 5.81. The molecule has 4 aromatic rings. The second-order valence-electron chi connectivity index (χ2n) is 8.65. The first-order valence-corrected chi connectivity index (χ1v) is 11.3. The molecule has 1 amide bonds. The van der Waals surface area contributed by atoms with E-state index in [0.29, 0.717) is 11.7 Å². The highest BCUT2D eigenvalue weighted by Gasteiger charge is 2.28. The summed E-state index contributed by atoms with van der Waals surface area (Å²) in [5.41, 5.74) is 3.93. The molecular formula is C25H27N5O3. The van der Waals surface area contributed by atoms with Crippen LogP contribution in [0.25, 0.3) is 22.3 Å². The van der Waals surface area contributed by atoms with Crippen molar-refractivity contribution in [2.75, 3.05) is 0 Å². The van der Waals surface area contributed by atoms with Crippen molar-refractivity contribution in [3.63, 3.8) is 0 Å². The smallest absolute Gasteiger partial charge is 0.407 e. The summed E-state index contributed by atoms with van der Waals surface area (Å²) in [5.74, 6) is 1.46. The third kappa shape index (κ3) is 4.60. The summed E-state index contributed by atoms with van der Waals surface area (Å²) in [6.07, 6.45) is 3.09. The van der Waals surface area contributed by atoms with Crippen LogP contribution in [0.15, 0.2) is 53.1 Å². The number of ether oxygens (including phenoxy) is 1. The number of hydrogen-bond acceptors (Lipinski definition) is 6. The van der Waals surface area contributed by atoms with Gasteiger partial charge in [-0.25, -0.2) is 4.79 Å². The van der Waals surface area contributed by atoms with Crippen molar-refractivity contribution in [2.45, 2.75) is 51.2 Å².